The van der Waals surface area contributed by atoms with Crippen LogP contribution in [0.3, 0.4) is 0 Å². The van der Waals surface area contributed by atoms with Gasteiger partial charge in [-0.05, 0) is 36.6 Å². The molecule has 3 nitrogen and oxygen atoms in total. The quantitative estimate of drug-likeness (QED) is 0.601. The predicted molar refractivity (Wildman–Crippen MR) is 106 cm³/mol. The van der Waals surface area contributed by atoms with Crippen molar-refractivity contribution in [1.29, 1.82) is 0 Å². The van der Waals surface area contributed by atoms with E-state index in [1.165, 1.54) is 11.1 Å². The lowest BCUT2D eigenvalue weighted by molar-refractivity contribution is -0.722. The number of allylic oxidation sites excluding steroid dienone is 4. The average Bonchev–Trinajstić information content (AvgIpc) is 2.62. The van der Waals surface area contributed by atoms with Crippen molar-refractivity contribution in [2.24, 2.45) is 5.92 Å². The fourth-order valence-electron chi connectivity index (χ4n) is 3.58. The van der Waals surface area contributed by atoms with Gasteiger partial charge in [-0.1, -0.05) is 32.4 Å². The van der Waals surface area contributed by atoms with Crippen molar-refractivity contribution in [3.05, 3.63) is 78.8 Å². The number of methoxy groups -OCH3 is 1. The van der Waals surface area contributed by atoms with Crippen molar-refractivity contribution in [2.75, 3.05) is 20.8 Å². The number of rotatable bonds is 7. The third-order valence-electron chi connectivity index (χ3n) is 4.97. The van der Waals surface area contributed by atoms with Gasteiger partial charge in [0.05, 0.1) is 5.92 Å². The molecular weight excluding hydrogens is 308 g/mol. The predicted octanol–water partition coefficient (Wildman–Crippen LogP) is 3.99. The Morgan fingerprint density at radius 1 is 1.40 bits per heavy atom. The number of nitrogens with one attached hydrogen (secondary N) is 1. The zero-order valence-electron chi connectivity index (χ0n) is 15.6. The zero-order chi connectivity index (χ0) is 18.6. The molecule has 0 aliphatic carbocycles. The highest BCUT2D eigenvalue weighted by Gasteiger charge is 2.40. The maximum atomic E-state index is 5.35. The van der Waals surface area contributed by atoms with Crippen LogP contribution in [0.5, 0.6) is 0 Å². The van der Waals surface area contributed by atoms with Gasteiger partial charge in [-0.2, -0.15) is 4.57 Å². The largest absolute Gasteiger partial charge is 0.389 e. The van der Waals surface area contributed by atoms with Crippen molar-refractivity contribution in [1.82, 2.24) is 5.32 Å². The van der Waals surface area contributed by atoms with Gasteiger partial charge in [-0.15, -0.1) is 0 Å². The molecule has 3 heteroatoms. The van der Waals surface area contributed by atoms with Crippen LogP contribution in [0, 0.1) is 12.8 Å². The normalized spacial score (nSPS) is 20.9. The van der Waals surface area contributed by atoms with E-state index in [2.05, 4.69) is 61.5 Å². The van der Waals surface area contributed by atoms with Gasteiger partial charge in [0.2, 0.25) is 5.69 Å². The molecule has 0 fully saturated rings. The van der Waals surface area contributed by atoms with E-state index in [0.29, 0.717) is 6.61 Å². The number of pyridine rings is 1. The van der Waals surface area contributed by atoms with Crippen LogP contribution in [-0.2, 0) is 4.74 Å². The number of hydrogen-bond acceptors (Lipinski definition) is 2. The first-order valence-electron chi connectivity index (χ1n) is 8.56. The minimum atomic E-state index is 0.143. The molecule has 1 aromatic rings. The highest BCUT2D eigenvalue weighted by molar-refractivity contribution is 5.79. The monoisotopic (exact) mass is 337 g/mol. The Hall–Kier alpha value is -2.39. The summed E-state index contributed by atoms with van der Waals surface area (Å²) in [6.45, 7) is 19.3. The molecule has 2 heterocycles. The molecule has 1 aliphatic heterocycles. The lowest BCUT2D eigenvalue weighted by Gasteiger charge is -2.31. The number of aromatic nitrogens is 1. The third-order valence-corrected chi connectivity index (χ3v) is 4.97. The van der Waals surface area contributed by atoms with Crippen LogP contribution in [0.15, 0.2) is 62.0 Å². The topological polar surface area (TPSA) is 25.1 Å². The Kier molecular flexibility index (Phi) is 6.16. The summed E-state index contributed by atoms with van der Waals surface area (Å²) in [6.07, 6.45) is 9.01. The maximum Gasteiger partial charge on any atom is 0.216 e. The average molecular weight is 337 g/mol. The summed E-state index contributed by atoms with van der Waals surface area (Å²) >= 11 is 0. The van der Waals surface area contributed by atoms with Crippen LogP contribution >= 0.6 is 0 Å². The van der Waals surface area contributed by atoms with E-state index < -0.39 is 0 Å². The smallest absolute Gasteiger partial charge is 0.216 e. The number of hydrogen-bond donors (Lipinski definition) is 1. The molecule has 1 aromatic heterocycles. The Morgan fingerprint density at radius 3 is 2.68 bits per heavy atom. The molecule has 0 saturated heterocycles. The SMILES string of the molecule is C=Cc1cc[n+]2c(c1C)C(=C)/C(=C\C(=C)NC)C(CCOC)C2C=C. The summed E-state index contributed by atoms with van der Waals surface area (Å²) in [5.41, 5.74) is 6.51. The van der Waals surface area contributed by atoms with Crippen LogP contribution in [0.4, 0.5) is 0 Å². The molecule has 25 heavy (non-hydrogen) atoms. The van der Waals surface area contributed by atoms with E-state index in [1.54, 1.807) is 7.11 Å². The standard InChI is InChI=1S/C22H29N2O/c1-8-18-10-12-24-21(9-2)19(11-13-25-7)20(14-15(3)23-6)17(5)22(24)16(18)4/h8-10,12,14,19,21,23H,1-3,5,11,13H2,4,6-7H3/q+1/b20-14+. The third kappa shape index (κ3) is 3.52. The van der Waals surface area contributed by atoms with Gasteiger partial charge in [0.15, 0.2) is 12.2 Å². The van der Waals surface area contributed by atoms with E-state index in [4.69, 9.17) is 4.74 Å². The summed E-state index contributed by atoms with van der Waals surface area (Å²) in [5, 5.41) is 3.11. The van der Waals surface area contributed by atoms with Crippen molar-refractivity contribution in [3.63, 3.8) is 0 Å². The van der Waals surface area contributed by atoms with Crippen molar-refractivity contribution in [2.45, 2.75) is 19.4 Å². The Morgan fingerprint density at radius 2 is 2.12 bits per heavy atom. The first-order valence-corrected chi connectivity index (χ1v) is 8.56. The van der Waals surface area contributed by atoms with Crippen molar-refractivity contribution in [3.8, 4) is 0 Å². The highest BCUT2D eigenvalue weighted by atomic mass is 16.5. The Labute approximate surface area is 151 Å². The highest BCUT2D eigenvalue weighted by Crippen LogP contribution is 2.40. The van der Waals surface area contributed by atoms with Crippen LogP contribution in [0.25, 0.3) is 11.6 Å². The Bertz CT molecular complexity index is 743. The van der Waals surface area contributed by atoms with Crippen molar-refractivity contribution < 1.29 is 9.30 Å². The molecule has 1 N–H and O–H groups in total. The molecule has 2 unspecified atom stereocenters. The molecule has 0 radical (unpaired) electrons. The lowest BCUT2D eigenvalue weighted by atomic mass is 9.78. The van der Waals surface area contributed by atoms with Gasteiger partial charge in [-0.25, -0.2) is 0 Å². The minimum absolute atomic E-state index is 0.143. The second kappa shape index (κ2) is 8.13. The molecule has 0 amide bonds. The number of likely N-dealkylation sites (N-methyl/N-ethyl adjacent to an activating group) is 1. The summed E-state index contributed by atoms with van der Waals surface area (Å²) in [7, 11) is 3.61. The lowest BCUT2D eigenvalue weighted by Crippen LogP contribution is -2.50. The molecule has 0 saturated carbocycles. The van der Waals surface area contributed by atoms with E-state index >= 15 is 0 Å². The van der Waals surface area contributed by atoms with Crippen LogP contribution in [-0.4, -0.2) is 20.8 Å². The van der Waals surface area contributed by atoms with Gasteiger partial charge in [0.25, 0.3) is 0 Å². The fraction of sp³-hybridized carbons (Fsp3) is 0.318. The number of ether oxygens (including phenoxy) is 1. The molecule has 1 aliphatic rings. The minimum Gasteiger partial charge on any atom is -0.389 e. The van der Waals surface area contributed by atoms with Gasteiger partial charge in [-0.3, -0.25) is 0 Å². The van der Waals surface area contributed by atoms with Gasteiger partial charge in [0, 0.05) is 43.7 Å². The van der Waals surface area contributed by atoms with Crippen molar-refractivity contribution >= 4 is 11.6 Å². The molecule has 0 spiro atoms. The van der Waals surface area contributed by atoms with Gasteiger partial charge in [0.1, 0.15) is 0 Å². The first kappa shape index (κ1) is 18.9. The summed E-state index contributed by atoms with van der Waals surface area (Å²) in [6, 6.07) is 2.24. The molecule has 2 rings (SSSR count). The van der Waals surface area contributed by atoms with Crippen LogP contribution < -0.4 is 9.88 Å². The summed E-state index contributed by atoms with van der Waals surface area (Å²) in [4.78, 5) is 0. The van der Waals surface area contributed by atoms with E-state index in [0.717, 1.165) is 28.9 Å². The van der Waals surface area contributed by atoms with E-state index in [1.807, 2.05) is 19.2 Å². The number of fused-ring (bicyclic) bond motifs is 1. The van der Waals surface area contributed by atoms with Gasteiger partial charge < -0.3 is 10.1 Å². The first-order chi connectivity index (χ1) is 12.0. The van der Waals surface area contributed by atoms with Crippen LogP contribution in [0.2, 0.25) is 0 Å². The summed E-state index contributed by atoms with van der Waals surface area (Å²) < 4.78 is 7.62. The summed E-state index contributed by atoms with van der Waals surface area (Å²) in [5.74, 6) is 0.238. The van der Waals surface area contributed by atoms with E-state index in [-0.39, 0.29) is 12.0 Å². The fourth-order valence-corrected chi connectivity index (χ4v) is 3.58. The molecular formula is C22H29N2O+. The molecule has 2 atom stereocenters. The second-order valence-electron chi connectivity index (χ2n) is 6.32. The molecule has 132 valence electrons. The zero-order valence-corrected chi connectivity index (χ0v) is 15.6. The Balaban J connectivity index is 2.70. The molecule has 0 aromatic carbocycles. The molecule has 0 bridgehead atoms. The second-order valence-corrected chi connectivity index (χ2v) is 6.32. The van der Waals surface area contributed by atoms with Crippen LogP contribution in [0.1, 0.15) is 29.3 Å². The van der Waals surface area contributed by atoms with Gasteiger partial charge >= 0.3 is 0 Å². The number of nitrogens with zero attached hydrogens (tertiary/aromatic N) is 1. The van der Waals surface area contributed by atoms with E-state index in [9.17, 15) is 0 Å². The maximum absolute atomic E-state index is 5.35.